The summed E-state index contributed by atoms with van der Waals surface area (Å²) < 4.78 is 10.3. The third-order valence-corrected chi connectivity index (χ3v) is 3.81. The summed E-state index contributed by atoms with van der Waals surface area (Å²) >= 11 is 0. The molecule has 1 N–H and O–H groups in total. The second-order valence-electron chi connectivity index (χ2n) is 5.54. The van der Waals surface area contributed by atoms with Crippen LogP contribution in [0.3, 0.4) is 0 Å². The number of furan rings is 1. The molecule has 1 fully saturated rings. The lowest BCUT2D eigenvalue weighted by atomic mass is 9.81. The molecule has 1 aromatic rings. The van der Waals surface area contributed by atoms with Crippen molar-refractivity contribution in [3.05, 3.63) is 23.7 Å². The molecule has 110 valence electrons. The molecule has 20 heavy (non-hydrogen) atoms. The Labute approximate surface area is 117 Å². The standard InChI is InChI=1S/C14H19NO5/c1-14(9-19-2)3-5-15(6-4-14)12(16)11-7-10(8-20-11)13(17)18/h7-8H,3-6,9H2,1-2H3,(H,17,18). The lowest BCUT2D eigenvalue weighted by Crippen LogP contribution is -2.43. The number of amides is 1. The van der Waals surface area contributed by atoms with Gasteiger partial charge in [0, 0.05) is 26.3 Å². The molecule has 1 saturated heterocycles. The number of carbonyl (C=O) groups excluding carboxylic acids is 1. The number of carboxylic acids is 1. The fraction of sp³-hybridized carbons (Fsp3) is 0.571. The zero-order valence-corrected chi connectivity index (χ0v) is 11.7. The van der Waals surface area contributed by atoms with Gasteiger partial charge in [-0.05, 0) is 18.3 Å². The van der Waals surface area contributed by atoms with E-state index in [9.17, 15) is 9.59 Å². The van der Waals surface area contributed by atoms with Crippen LogP contribution >= 0.6 is 0 Å². The van der Waals surface area contributed by atoms with Crippen LogP contribution in [0.1, 0.15) is 40.7 Å². The molecule has 1 amide bonds. The molecular weight excluding hydrogens is 262 g/mol. The molecule has 1 aliphatic heterocycles. The highest BCUT2D eigenvalue weighted by molar-refractivity contribution is 5.95. The summed E-state index contributed by atoms with van der Waals surface area (Å²) in [6.07, 6.45) is 2.81. The van der Waals surface area contributed by atoms with Crippen LogP contribution in [0.2, 0.25) is 0 Å². The Kier molecular flexibility index (Phi) is 4.13. The van der Waals surface area contributed by atoms with Crippen molar-refractivity contribution < 1.29 is 23.8 Å². The number of aromatic carboxylic acids is 1. The van der Waals surface area contributed by atoms with Gasteiger partial charge in [0.15, 0.2) is 5.76 Å². The topological polar surface area (TPSA) is 80.0 Å². The van der Waals surface area contributed by atoms with Crippen molar-refractivity contribution in [2.75, 3.05) is 26.8 Å². The monoisotopic (exact) mass is 281 g/mol. The van der Waals surface area contributed by atoms with E-state index in [1.807, 2.05) is 0 Å². The highest BCUT2D eigenvalue weighted by Crippen LogP contribution is 2.31. The summed E-state index contributed by atoms with van der Waals surface area (Å²) in [6.45, 7) is 4.08. The maximum Gasteiger partial charge on any atom is 0.338 e. The van der Waals surface area contributed by atoms with Gasteiger partial charge >= 0.3 is 5.97 Å². The molecule has 0 aromatic carbocycles. The zero-order valence-electron chi connectivity index (χ0n) is 11.7. The van der Waals surface area contributed by atoms with Crippen LogP contribution in [-0.4, -0.2) is 48.7 Å². The van der Waals surface area contributed by atoms with Crippen LogP contribution in [0.4, 0.5) is 0 Å². The van der Waals surface area contributed by atoms with Crippen molar-refractivity contribution in [2.45, 2.75) is 19.8 Å². The minimum absolute atomic E-state index is 0.00502. The first-order chi connectivity index (χ1) is 9.45. The van der Waals surface area contributed by atoms with E-state index < -0.39 is 5.97 Å². The van der Waals surface area contributed by atoms with Crippen LogP contribution in [0.25, 0.3) is 0 Å². The number of ether oxygens (including phenoxy) is 1. The lowest BCUT2D eigenvalue weighted by Gasteiger charge is -2.38. The van der Waals surface area contributed by atoms with Gasteiger partial charge in [-0.2, -0.15) is 0 Å². The molecule has 0 unspecified atom stereocenters. The Bertz CT molecular complexity index is 499. The average molecular weight is 281 g/mol. The van der Waals surface area contributed by atoms with Crippen molar-refractivity contribution >= 4 is 11.9 Å². The predicted octanol–water partition coefficient (Wildman–Crippen LogP) is 1.87. The van der Waals surface area contributed by atoms with Crippen molar-refractivity contribution in [1.82, 2.24) is 4.90 Å². The molecule has 0 saturated carbocycles. The van der Waals surface area contributed by atoms with Gasteiger partial charge in [0.25, 0.3) is 5.91 Å². The molecule has 6 heteroatoms. The Morgan fingerprint density at radius 2 is 2.10 bits per heavy atom. The van der Waals surface area contributed by atoms with E-state index >= 15 is 0 Å². The summed E-state index contributed by atoms with van der Waals surface area (Å²) in [5.41, 5.74) is 0.0931. The molecule has 2 heterocycles. The highest BCUT2D eigenvalue weighted by atomic mass is 16.5. The Morgan fingerprint density at radius 1 is 1.45 bits per heavy atom. The maximum atomic E-state index is 12.2. The van der Waals surface area contributed by atoms with Gasteiger partial charge in [-0.15, -0.1) is 0 Å². The number of hydrogen-bond donors (Lipinski definition) is 1. The second-order valence-corrected chi connectivity index (χ2v) is 5.54. The number of rotatable bonds is 4. The molecule has 0 radical (unpaired) electrons. The van der Waals surface area contributed by atoms with Gasteiger partial charge in [-0.25, -0.2) is 4.79 Å². The van der Waals surface area contributed by atoms with Gasteiger partial charge in [0.2, 0.25) is 0 Å². The summed E-state index contributed by atoms with van der Waals surface area (Å²) in [5.74, 6) is -1.27. The van der Waals surface area contributed by atoms with E-state index in [4.69, 9.17) is 14.3 Å². The number of nitrogens with zero attached hydrogens (tertiary/aromatic N) is 1. The fourth-order valence-electron chi connectivity index (χ4n) is 2.46. The van der Waals surface area contributed by atoms with Crippen LogP contribution in [-0.2, 0) is 4.74 Å². The van der Waals surface area contributed by atoms with E-state index in [0.717, 1.165) is 19.1 Å². The van der Waals surface area contributed by atoms with Gasteiger partial charge in [-0.3, -0.25) is 4.79 Å². The molecule has 0 atom stereocenters. The molecule has 2 rings (SSSR count). The first-order valence-corrected chi connectivity index (χ1v) is 6.55. The number of likely N-dealkylation sites (tertiary alicyclic amines) is 1. The molecule has 0 spiro atoms. The Hall–Kier alpha value is -1.82. The number of carbonyl (C=O) groups is 2. The predicted molar refractivity (Wildman–Crippen MR) is 70.8 cm³/mol. The third-order valence-electron chi connectivity index (χ3n) is 3.81. The summed E-state index contributed by atoms with van der Waals surface area (Å²) in [6, 6.07) is 1.27. The van der Waals surface area contributed by atoms with Gasteiger partial charge in [0.1, 0.15) is 6.26 Å². The van der Waals surface area contributed by atoms with E-state index in [0.29, 0.717) is 19.7 Å². The van der Waals surface area contributed by atoms with Crippen LogP contribution < -0.4 is 0 Å². The first-order valence-electron chi connectivity index (χ1n) is 6.55. The zero-order chi connectivity index (χ0) is 14.8. The quantitative estimate of drug-likeness (QED) is 0.911. The smallest absolute Gasteiger partial charge is 0.338 e. The largest absolute Gasteiger partial charge is 0.478 e. The number of carboxylic acid groups (broad SMARTS) is 1. The normalized spacial score (nSPS) is 18.0. The van der Waals surface area contributed by atoms with Crippen LogP contribution in [0.5, 0.6) is 0 Å². The van der Waals surface area contributed by atoms with Crippen molar-refractivity contribution in [2.24, 2.45) is 5.41 Å². The van der Waals surface area contributed by atoms with Gasteiger partial charge in [-0.1, -0.05) is 6.92 Å². The number of methoxy groups -OCH3 is 1. The third kappa shape index (κ3) is 3.01. The minimum atomic E-state index is -1.10. The molecule has 1 aromatic heterocycles. The van der Waals surface area contributed by atoms with Gasteiger partial charge < -0.3 is 19.2 Å². The average Bonchev–Trinajstić information content (AvgIpc) is 2.88. The number of hydrogen-bond acceptors (Lipinski definition) is 4. The Balaban J connectivity index is 1.99. The SMILES string of the molecule is COCC1(C)CCN(C(=O)c2cc(C(=O)O)co2)CC1. The lowest BCUT2D eigenvalue weighted by molar-refractivity contribution is 0.0287. The summed E-state index contributed by atoms with van der Waals surface area (Å²) in [4.78, 5) is 24.7. The van der Waals surface area contributed by atoms with E-state index in [-0.39, 0.29) is 22.6 Å². The second kappa shape index (κ2) is 5.66. The minimum Gasteiger partial charge on any atom is -0.478 e. The highest BCUT2D eigenvalue weighted by Gasteiger charge is 2.33. The Morgan fingerprint density at radius 3 is 2.60 bits per heavy atom. The molecule has 1 aliphatic rings. The van der Waals surface area contributed by atoms with Crippen molar-refractivity contribution in [3.8, 4) is 0 Å². The first kappa shape index (κ1) is 14.6. The fourth-order valence-corrected chi connectivity index (χ4v) is 2.46. The van der Waals surface area contributed by atoms with E-state index in [2.05, 4.69) is 6.92 Å². The van der Waals surface area contributed by atoms with E-state index in [1.54, 1.807) is 12.0 Å². The van der Waals surface area contributed by atoms with Crippen LogP contribution in [0.15, 0.2) is 16.7 Å². The molecule has 0 bridgehead atoms. The van der Waals surface area contributed by atoms with E-state index in [1.165, 1.54) is 6.07 Å². The summed E-state index contributed by atoms with van der Waals surface area (Å²) in [5, 5.41) is 8.82. The van der Waals surface area contributed by atoms with Gasteiger partial charge in [0.05, 0.1) is 12.2 Å². The van der Waals surface area contributed by atoms with Crippen LogP contribution in [0, 0.1) is 5.41 Å². The molecule has 0 aliphatic carbocycles. The summed E-state index contributed by atoms with van der Waals surface area (Å²) in [7, 11) is 1.68. The maximum absolute atomic E-state index is 12.2. The number of piperidine rings is 1. The molecular formula is C14H19NO5. The van der Waals surface area contributed by atoms with Crippen molar-refractivity contribution in [1.29, 1.82) is 0 Å². The molecule has 6 nitrogen and oxygen atoms in total. The van der Waals surface area contributed by atoms with Crippen molar-refractivity contribution in [3.63, 3.8) is 0 Å².